The molecule has 0 heterocycles. The second-order valence-electron chi connectivity index (χ2n) is 22.8. The van der Waals surface area contributed by atoms with E-state index in [9.17, 15) is 19.0 Å². The number of nitrogens with zero attached hydrogens (tertiary/aromatic N) is 1. The molecule has 0 bridgehead atoms. The summed E-state index contributed by atoms with van der Waals surface area (Å²) < 4.78 is 34.5. The van der Waals surface area contributed by atoms with Crippen LogP contribution in [0.1, 0.15) is 296 Å². The van der Waals surface area contributed by atoms with Crippen molar-refractivity contribution < 1.29 is 42.1 Å². The Morgan fingerprint density at radius 2 is 0.750 bits per heavy atom. The zero-order valence-electron chi connectivity index (χ0n) is 50.5. The summed E-state index contributed by atoms with van der Waals surface area (Å²) in [6.07, 6.45) is 74.9. The fourth-order valence-electron chi connectivity index (χ4n) is 9.11. The van der Waals surface area contributed by atoms with Gasteiger partial charge in [-0.05, 0) is 70.6 Å². The number of quaternary nitrogens is 1. The minimum atomic E-state index is -4.38. The van der Waals surface area contributed by atoms with E-state index in [0.29, 0.717) is 17.4 Å². The second kappa shape index (κ2) is 57.4. The standard InChI is InChI=1S/C66H122NO8P/c1-6-8-10-12-14-16-18-19-20-21-22-23-24-25-26-27-28-29-30-31-32-33-34-35-36-37-38-39-40-41-42-43-44-45-46-47-49-51-53-55-57-59-66(69)75-64(63-74-76(70,71)73-61-60-67(3,4)5)62-72-65(68)58-56-54-52-50-48-17-15-13-11-9-7-2/h8,10,13-16,19-20,22-23,64H,6-7,9,11-12,17-18,21,24-63H2,1-5H3/p+1/b10-8-,15-13-,16-14-,20-19-,23-22-. The van der Waals surface area contributed by atoms with Gasteiger partial charge < -0.3 is 18.9 Å². The lowest BCUT2D eigenvalue weighted by molar-refractivity contribution is -0.870. The number of likely N-dealkylation sites (N-methyl/N-ethyl adjacent to an activating group) is 1. The summed E-state index contributed by atoms with van der Waals surface area (Å²) in [4.78, 5) is 35.6. The first kappa shape index (κ1) is 73.7. The van der Waals surface area contributed by atoms with E-state index in [2.05, 4.69) is 74.6 Å². The van der Waals surface area contributed by atoms with Gasteiger partial charge in [-0.25, -0.2) is 4.57 Å². The molecule has 0 amide bonds. The van der Waals surface area contributed by atoms with Crippen LogP contribution >= 0.6 is 7.82 Å². The van der Waals surface area contributed by atoms with Crippen LogP contribution in [0.25, 0.3) is 0 Å². The minimum Gasteiger partial charge on any atom is -0.462 e. The Bertz CT molecular complexity index is 1470. The number of phosphoric acid groups is 1. The Morgan fingerprint density at radius 1 is 0.421 bits per heavy atom. The number of esters is 2. The van der Waals surface area contributed by atoms with E-state index in [4.69, 9.17) is 18.5 Å². The highest BCUT2D eigenvalue weighted by atomic mass is 31.2. The Kier molecular flexibility index (Phi) is 55.7. The molecule has 0 fully saturated rings. The molecule has 0 spiro atoms. The van der Waals surface area contributed by atoms with Gasteiger partial charge in [-0.3, -0.25) is 18.6 Å². The van der Waals surface area contributed by atoms with Gasteiger partial charge in [0.1, 0.15) is 19.8 Å². The van der Waals surface area contributed by atoms with Crippen molar-refractivity contribution in [2.75, 3.05) is 47.5 Å². The van der Waals surface area contributed by atoms with Gasteiger partial charge in [0.25, 0.3) is 0 Å². The zero-order chi connectivity index (χ0) is 55.6. The van der Waals surface area contributed by atoms with Crippen molar-refractivity contribution in [3.63, 3.8) is 0 Å². The number of allylic oxidation sites excluding steroid dienone is 10. The number of rotatable bonds is 59. The predicted octanol–water partition coefficient (Wildman–Crippen LogP) is 20.3. The van der Waals surface area contributed by atoms with Crippen molar-refractivity contribution in [2.45, 2.75) is 302 Å². The molecular weight excluding hydrogens is 966 g/mol. The SMILES string of the molecule is CC/C=C\C/C=C\C/C=C\C/C=C\CCCCCCCCCCCCCCCCCCCCCCCCCCCCCCC(=O)OC(COC(=O)CCCCCCC/C=C\CCCC)COP(=O)(O)OCC[N+](C)(C)C. The largest absolute Gasteiger partial charge is 0.472 e. The average molecular weight is 1090 g/mol. The summed E-state index contributed by atoms with van der Waals surface area (Å²) >= 11 is 0. The van der Waals surface area contributed by atoms with Crippen LogP contribution < -0.4 is 0 Å². The molecule has 0 radical (unpaired) electrons. The summed E-state index contributed by atoms with van der Waals surface area (Å²) in [6, 6.07) is 0. The summed E-state index contributed by atoms with van der Waals surface area (Å²) in [7, 11) is 1.48. The van der Waals surface area contributed by atoms with E-state index in [1.54, 1.807) is 0 Å². The number of unbranched alkanes of at least 4 members (excludes halogenated alkanes) is 35. The third-order valence-corrected chi connectivity index (χ3v) is 15.0. The van der Waals surface area contributed by atoms with Crippen molar-refractivity contribution in [1.29, 1.82) is 0 Å². The van der Waals surface area contributed by atoms with Gasteiger partial charge in [0, 0.05) is 12.8 Å². The lowest BCUT2D eigenvalue weighted by Crippen LogP contribution is -2.37. The molecule has 0 aliphatic carbocycles. The highest BCUT2D eigenvalue weighted by molar-refractivity contribution is 7.47. The third-order valence-electron chi connectivity index (χ3n) is 14.0. The van der Waals surface area contributed by atoms with E-state index in [-0.39, 0.29) is 32.0 Å². The summed E-state index contributed by atoms with van der Waals surface area (Å²) in [5, 5.41) is 0. The lowest BCUT2D eigenvalue weighted by Gasteiger charge is -2.24. The van der Waals surface area contributed by atoms with Gasteiger partial charge in [0.2, 0.25) is 0 Å². The van der Waals surface area contributed by atoms with Crippen LogP contribution in [0.5, 0.6) is 0 Å². The summed E-state index contributed by atoms with van der Waals surface area (Å²) in [6.45, 7) is 4.29. The minimum absolute atomic E-state index is 0.0318. The molecule has 9 nitrogen and oxygen atoms in total. The Labute approximate surface area is 470 Å². The number of carbonyl (C=O) groups is 2. The molecule has 444 valence electrons. The molecule has 2 atom stereocenters. The molecule has 0 aliphatic rings. The summed E-state index contributed by atoms with van der Waals surface area (Å²) in [5.41, 5.74) is 0. The van der Waals surface area contributed by atoms with Gasteiger partial charge in [-0.2, -0.15) is 0 Å². The molecule has 2 unspecified atom stereocenters. The number of ether oxygens (including phenoxy) is 2. The molecule has 0 aliphatic heterocycles. The van der Waals surface area contributed by atoms with Crippen LogP contribution in [0, 0.1) is 0 Å². The maximum Gasteiger partial charge on any atom is 0.472 e. The van der Waals surface area contributed by atoms with Crippen molar-refractivity contribution in [3.05, 3.63) is 60.8 Å². The van der Waals surface area contributed by atoms with Crippen LogP contribution in [-0.4, -0.2) is 74.9 Å². The van der Waals surface area contributed by atoms with Crippen LogP contribution in [0.15, 0.2) is 60.8 Å². The van der Waals surface area contributed by atoms with Crippen molar-refractivity contribution >= 4 is 19.8 Å². The first-order valence-corrected chi connectivity index (χ1v) is 33.5. The fourth-order valence-corrected chi connectivity index (χ4v) is 9.85. The summed E-state index contributed by atoms with van der Waals surface area (Å²) in [5.74, 6) is -0.798. The number of hydrogen-bond acceptors (Lipinski definition) is 7. The molecule has 0 saturated carbocycles. The lowest BCUT2D eigenvalue weighted by atomic mass is 10.0. The molecule has 0 aromatic carbocycles. The molecule has 76 heavy (non-hydrogen) atoms. The normalized spacial score (nSPS) is 13.6. The van der Waals surface area contributed by atoms with Crippen molar-refractivity contribution in [3.8, 4) is 0 Å². The Morgan fingerprint density at radius 3 is 1.13 bits per heavy atom. The van der Waals surface area contributed by atoms with Crippen LogP contribution in [0.2, 0.25) is 0 Å². The smallest absolute Gasteiger partial charge is 0.462 e. The fraction of sp³-hybridized carbons (Fsp3) is 0.818. The van der Waals surface area contributed by atoms with Gasteiger partial charge in [0.05, 0.1) is 27.7 Å². The monoisotopic (exact) mass is 1090 g/mol. The highest BCUT2D eigenvalue weighted by Crippen LogP contribution is 2.43. The molecular formula is C66H123NO8P+. The number of phosphoric ester groups is 1. The highest BCUT2D eigenvalue weighted by Gasteiger charge is 2.27. The van der Waals surface area contributed by atoms with Gasteiger partial charge in [0.15, 0.2) is 6.10 Å². The molecule has 0 aromatic rings. The number of carbonyl (C=O) groups excluding carboxylic acids is 2. The van der Waals surface area contributed by atoms with E-state index >= 15 is 0 Å². The molecule has 1 N–H and O–H groups in total. The van der Waals surface area contributed by atoms with Gasteiger partial charge in [-0.15, -0.1) is 0 Å². The maximum atomic E-state index is 12.8. The van der Waals surface area contributed by atoms with Crippen LogP contribution in [0.3, 0.4) is 0 Å². The Hall–Kier alpha value is -2.29. The first-order valence-electron chi connectivity index (χ1n) is 32.0. The molecule has 0 rings (SSSR count). The van der Waals surface area contributed by atoms with Gasteiger partial charge >= 0.3 is 19.8 Å². The maximum absolute atomic E-state index is 12.8. The van der Waals surface area contributed by atoms with E-state index in [1.807, 2.05) is 21.1 Å². The number of hydrogen-bond donors (Lipinski definition) is 1. The predicted molar refractivity (Wildman–Crippen MR) is 326 cm³/mol. The Balaban J connectivity index is 3.81. The van der Waals surface area contributed by atoms with Crippen LogP contribution in [0.4, 0.5) is 0 Å². The average Bonchev–Trinajstić information content (AvgIpc) is 3.38. The molecule has 10 heteroatoms. The van der Waals surface area contributed by atoms with Gasteiger partial charge in [-0.1, -0.05) is 274 Å². The van der Waals surface area contributed by atoms with Crippen LogP contribution in [-0.2, 0) is 32.7 Å². The third kappa shape index (κ3) is 60.9. The second-order valence-corrected chi connectivity index (χ2v) is 24.2. The van der Waals surface area contributed by atoms with E-state index in [0.717, 1.165) is 83.5 Å². The molecule has 0 aromatic heterocycles. The van der Waals surface area contributed by atoms with E-state index < -0.39 is 26.5 Å². The zero-order valence-corrected chi connectivity index (χ0v) is 51.4. The molecule has 0 saturated heterocycles. The van der Waals surface area contributed by atoms with Crippen molar-refractivity contribution in [2.24, 2.45) is 0 Å². The van der Waals surface area contributed by atoms with Crippen molar-refractivity contribution in [1.82, 2.24) is 0 Å². The first-order chi connectivity index (χ1) is 37.0. The topological polar surface area (TPSA) is 108 Å². The van der Waals surface area contributed by atoms with E-state index in [1.165, 1.54) is 180 Å². The quantitative estimate of drug-likeness (QED) is 0.0211.